The summed E-state index contributed by atoms with van der Waals surface area (Å²) in [5.74, 6) is 0.521. The van der Waals surface area contributed by atoms with E-state index in [0.29, 0.717) is 55.4 Å². The first-order valence-corrected chi connectivity index (χ1v) is 11.6. The molecule has 0 radical (unpaired) electrons. The number of ketones is 1. The molecule has 2 aromatic rings. The van der Waals surface area contributed by atoms with Crippen molar-refractivity contribution in [1.29, 1.82) is 5.26 Å². The fourth-order valence-corrected chi connectivity index (χ4v) is 4.82. The lowest BCUT2D eigenvalue weighted by Gasteiger charge is -2.33. The smallest absolute Gasteiger partial charge is 0.415 e. The second-order valence-electron chi connectivity index (χ2n) is 8.68. The predicted molar refractivity (Wildman–Crippen MR) is 125 cm³/mol. The lowest BCUT2D eigenvalue weighted by molar-refractivity contribution is -0.117. The molecule has 186 valence electrons. The molecule has 1 aliphatic carbocycles. The van der Waals surface area contributed by atoms with Gasteiger partial charge in [0.25, 0.3) is 0 Å². The van der Waals surface area contributed by atoms with Crippen LogP contribution in [0, 0.1) is 11.3 Å². The number of carbonyl (C=O) groups is 2. The van der Waals surface area contributed by atoms with Gasteiger partial charge in [-0.05, 0) is 29.8 Å². The molecule has 3 aliphatic rings. The quantitative estimate of drug-likeness (QED) is 0.682. The Labute approximate surface area is 207 Å². The summed E-state index contributed by atoms with van der Waals surface area (Å²) in [6, 6.07) is 10.6. The van der Waals surface area contributed by atoms with Gasteiger partial charge in [-0.15, -0.1) is 0 Å². The molecular formula is C26H25N3O7. The molecule has 1 amide bonds. The number of hydrogen-bond donors (Lipinski definition) is 1. The summed E-state index contributed by atoms with van der Waals surface area (Å²) in [5, 5.41) is 9.88. The Morgan fingerprint density at radius 3 is 2.69 bits per heavy atom. The minimum atomic E-state index is -0.735. The topological polar surface area (TPSA) is 137 Å². The molecule has 36 heavy (non-hydrogen) atoms. The molecule has 0 saturated carbocycles. The zero-order chi connectivity index (χ0) is 25.2. The number of ether oxygens (including phenoxy) is 4. The Hall–Kier alpha value is -4.23. The number of furan rings is 1. The van der Waals surface area contributed by atoms with Crippen molar-refractivity contribution in [2.45, 2.75) is 24.7 Å². The highest BCUT2D eigenvalue weighted by molar-refractivity contribution is 6.00. The van der Waals surface area contributed by atoms with Gasteiger partial charge < -0.3 is 34.0 Å². The van der Waals surface area contributed by atoms with Gasteiger partial charge in [-0.25, -0.2) is 4.79 Å². The molecule has 2 atom stereocenters. The van der Waals surface area contributed by atoms with Gasteiger partial charge in [-0.1, -0.05) is 6.07 Å². The van der Waals surface area contributed by atoms with Gasteiger partial charge in [0, 0.05) is 37.4 Å². The Morgan fingerprint density at radius 2 is 2.00 bits per heavy atom. The van der Waals surface area contributed by atoms with Crippen molar-refractivity contribution in [3.8, 4) is 17.6 Å². The number of methoxy groups -OCH3 is 1. The van der Waals surface area contributed by atoms with Crippen molar-refractivity contribution in [3.05, 3.63) is 70.7 Å². The van der Waals surface area contributed by atoms with Gasteiger partial charge in [-0.3, -0.25) is 4.79 Å². The van der Waals surface area contributed by atoms with Crippen molar-refractivity contribution in [2.75, 3.05) is 33.4 Å². The number of benzene rings is 1. The van der Waals surface area contributed by atoms with Crippen LogP contribution < -0.4 is 15.2 Å². The third kappa shape index (κ3) is 4.29. The van der Waals surface area contributed by atoms with Crippen LogP contribution in [-0.4, -0.2) is 50.2 Å². The minimum Gasteiger partial charge on any atom is -0.493 e. The summed E-state index contributed by atoms with van der Waals surface area (Å²) < 4.78 is 27.6. The van der Waals surface area contributed by atoms with Gasteiger partial charge in [-0.2, -0.15) is 5.26 Å². The van der Waals surface area contributed by atoms with Crippen LogP contribution in [0.3, 0.4) is 0 Å². The summed E-state index contributed by atoms with van der Waals surface area (Å²) in [5.41, 5.74) is 7.26. The van der Waals surface area contributed by atoms with Gasteiger partial charge in [0.2, 0.25) is 5.88 Å². The average Bonchev–Trinajstić information content (AvgIpc) is 3.44. The van der Waals surface area contributed by atoms with E-state index in [9.17, 15) is 14.9 Å². The second-order valence-corrected chi connectivity index (χ2v) is 8.68. The molecule has 2 N–H and O–H groups in total. The number of amides is 1. The zero-order valence-corrected chi connectivity index (χ0v) is 19.7. The van der Waals surface area contributed by atoms with Crippen molar-refractivity contribution >= 4 is 11.9 Å². The first-order chi connectivity index (χ1) is 17.5. The van der Waals surface area contributed by atoms with Crippen LogP contribution in [0.1, 0.15) is 36.0 Å². The molecule has 1 aromatic carbocycles. The summed E-state index contributed by atoms with van der Waals surface area (Å²) in [6.45, 7) is 1.78. The zero-order valence-electron chi connectivity index (χ0n) is 19.7. The van der Waals surface area contributed by atoms with E-state index in [4.69, 9.17) is 29.1 Å². The Kier molecular flexibility index (Phi) is 6.40. The number of nitrogens with two attached hydrogens (primary N) is 1. The minimum absolute atomic E-state index is 0.0454. The van der Waals surface area contributed by atoms with Gasteiger partial charge in [0.05, 0.1) is 32.5 Å². The highest BCUT2D eigenvalue weighted by atomic mass is 16.6. The number of nitrogens with zero attached hydrogens (tertiary/aromatic N) is 2. The van der Waals surface area contributed by atoms with Crippen molar-refractivity contribution < 1.29 is 33.0 Å². The maximum absolute atomic E-state index is 13.4. The van der Waals surface area contributed by atoms with E-state index in [-0.39, 0.29) is 41.1 Å². The second kappa shape index (κ2) is 9.79. The molecular weight excluding hydrogens is 466 g/mol. The monoisotopic (exact) mass is 491 g/mol. The van der Waals surface area contributed by atoms with E-state index in [0.717, 1.165) is 0 Å². The fourth-order valence-electron chi connectivity index (χ4n) is 4.82. The average molecular weight is 492 g/mol. The maximum atomic E-state index is 13.4. The Balaban J connectivity index is 1.48. The van der Waals surface area contributed by atoms with Crippen molar-refractivity contribution in [1.82, 2.24) is 4.90 Å². The number of carbonyl (C=O) groups excluding carboxylic acids is 2. The maximum Gasteiger partial charge on any atom is 0.415 e. The lowest BCUT2D eigenvalue weighted by Crippen LogP contribution is -2.42. The fraction of sp³-hybridized carbons (Fsp3) is 0.346. The Bertz CT molecular complexity index is 1280. The van der Waals surface area contributed by atoms with Crippen molar-refractivity contribution in [3.63, 3.8) is 0 Å². The SMILES string of the molecule is COc1cc([C@H]2C(C#N)=C(N)OC3=C2C(=O)C[C@H](c2ccco2)C3)ccc1OC(=O)N1CCOCC1. The number of allylic oxidation sites excluding steroid dienone is 3. The first kappa shape index (κ1) is 23.5. The normalized spacial score (nSPS) is 22.0. The van der Waals surface area contributed by atoms with E-state index in [1.54, 1.807) is 35.4 Å². The predicted octanol–water partition coefficient (Wildman–Crippen LogP) is 3.33. The molecule has 5 rings (SSSR count). The largest absolute Gasteiger partial charge is 0.493 e. The number of Topliss-reactive ketones (excluding diaryl/α,β-unsaturated/α-hetero) is 1. The van der Waals surface area contributed by atoms with Crippen LogP contribution >= 0.6 is 0 Å². The van der Waals surface area contributed by atoms with Gasteiger partial charge in [0.1, 0.15) is 23.2 Å². The molecule has 0 unspecified atom stereocenters. The van der Waals surface area contributed by atoms with Crippen molar-refractivity contribution in [2.24, 2.45) is 5.73 Å². The van der Waals surface area contributed by atoms with Gasteiger partial charge in [0.15, 0.2) is 17.3 Å². The number of rotatable bonds is 4. The van der Waals surface area contributed by atoms with E-state index in [2.05, 4.69) is 6.07 Å². The molecule has 3 heterocycles. The van der Waals surface area contributed by atoms with Crippen LogP contribution in [0.5, 0.6) is 11.5 Å². The summed E-state index contributed by atoms with van der Waals surface area (Å²) in [7, 11) is 1.45. The molecule has 0 spiro atoms. The molecule has 1 fully saturated rings. The molecule has 10 nitrogen and oxygen atoms in total. The Morgan fingerprint density at radius 1 is 1.19 bits per heavy atom. The summed E-state index contributed by atoms with van der Waals surface area (Å²) in [4.78, 5) is 27.5. The summed E-state index contributed by atoms with van der Waals surface area (Å²) >= 11 is 0. The highest BCUT2D eigenvalue weighted by Crippen LogP contribution is 2.47. The molecule has 1 saturated heterocycles. The highest BCUT2D eigenvalue weighted by Gasteiger charge is 2.41. The number of morpholine rings is 1. The molecule has 0 bridgehead atoms. The van der Waals surface area contributed by atoms with Gasteiger partial charge >= 0.3 is 6.09 Å². The van der Waals surface area contributed by atoms with Crippen LogP contribution in [0.2, 0.25) is 0 Å². The molecule has 2 aliphatic heterocycles. The third-order valence-corrected chi connectivity index (χ3v) is 6.59. The summed E-state index contributed by atoms with van der Waals surface area (Å²) in [6.07, 6.45) is 1.69. The van der Waals surface area contributed by atoms with E-state index < -0.39 is 12.0 Å². The van der Waals surface area contributed by atoms with Crippen LogP contribution in [0.25, 0.3) is 0 Å². The van der Waals surface area contributed by atoms with Crippen LogP contribution in [0.15, 0.2) is 63.8 Å². The first-order valence-electron chi connectivity index (χ1n) is 11.6. The lowest BCUT2D eigenvalue weighted by atomic mass is 9.74. The standard InChI is InChI=1S/C26H25N3O7/c1-32-21-12-15(4-5-20(21)36-26(31)29-6-9-33-10-7-29)23-17(14-27)25(28)35-22-13-16(11-18(30)24(22)23)19-3-2-8-34-19/h2-5,8,12,16,23H,6-7,9-11,13,28H2,1H3/t16-,23-/m0/s1. The van der Waals surface area contributed by atoms with E-state index in [1.807, 2.05) is 6.07 Å². The van der Waals surface area contributed by atoms with E-state index in [1.165, 1.54) is 7.11 Å². The van der Waals surface area contributed by atoms with Crippen LogP contribution in [0.4, 0.5) is 4.79 Å². The van der Waals surface area contributed by atoms with Crippen LogP contribution in [-0.2, 0) is 14.3 Å². The molecule has 1 aromatic heterocycles. The van der Waals surface area contributed by atoms with E-state index >= 15 is 0 Å². The number of nitriles is 1. The molecule has 10 heteroatoms. The number of hydrogen-bond acceptors (Lipinski definition) is 9. The third-order valence-electron chi connectivity index (χ3n) is 6.59.